The number of aliphatic hydroxyl groups is 4. The average molecular weight is 1080 g/mol. The number of hydrogen-bond acceptors (Lipinski definition) is 19. The number of ketones is 1. The van der Waals surface area contributed by atoms with Gasteiger partial charge in [0.1, 0.15) is 48.5 Å². The van der Waals surface area contributed by atoms with Gasteiger partial charge in [0.05, 0.1) is 66.5 Å². The van der Waals surface area contributed by atoms with Crippen LogP contribution in [-0.4, -0.2) is 204 Å². The number of alkyl halides is 1. The molecule has 4 saturated heterocycles. The number of cyclic esters (lactones) is 1. The number of nitrogens with zero attached hydrogens (tertiary/aromatic N) is 5. The molecule has 4 N–H and O–H groups in total. The number of rotatable bonds is 17. The summed E-state index contributed by atoms with van der Waals surface area (Å²) >= 11 is 0. The van der Waals surface area contributed by atoms with Gasteiger partial charge in [0, 0.05) is 89.5 Å². The van der Waals surface area contributed by atoms with Gasteiger partial charge < -0.3 is 72.9 Å². The van der Waals surface area contributed by atoms with Gasteiger partial charge >= 0.3 is 5.97 Å². The minimum Gasteiger partial charge on any atom is -0.459 e. The highest BCUT2D eigenvalue weighted by Gasteiger charge is 2.54. The molecule has 1 aromatic carbocycles. The summed E-state index contributed by atoms with van der Waals surface area (Å²) in [5.41, 5.74) is -1.98. The lowest BCUT2D eigenvalue weighted by Gasteiger charge is -2.50. The van der Waals surface area contributed by atoms with E-state index >= 15 is 0 Å². The summed E-state index contributed by atoms with van der Waals surface area (Å²) in [7, 11) is 6.42. The van der Waals surface area contributed by atoms with Gasteiger partial charge in [-0.1, -0.05) is 45.0 Å². The maximum absolute atomic E-state index is 14.9. The number of esters is 1. The van der Waals surface area contributed by atoms with Crippen molar-refractivity contribution in [2.45, 2.75) is 198 Å². The predicted molar refractivity (Wildman–Crippen MR) is 278 cm³/mol. The first-order valence-corrected chi connectivity index (χ1v) is 27.2. The van der Waals surface area contributed by atoms with Gasteiger partial charge in [-0.05, 0) is 85.5 Å². The van der Waals surface area contributed by atoms with E-state index < -0.39 is 133 Å². The Morgan fingerprint density at radius 1 is 0.895 bits per heavy atom. The highest BCUT2D eigenvalue weighted by molar-refractivity contribution is 5.83. The predicted octanol–water partition coefficient (Wildman–Crippen LogP) is 4.38. The van der Waals surface area contributed by atoms with E-state index in [2.05, 4.69) is 15.2 Å². The molecule has 6 rings (SSSR count). The highest BCUT2D eigenvalue weighted by Crippen LogP contribution is 2.42. The average Bonchev–Trinajstić information content (AvgIpc) is 3.89. The Balaban J connectivity index is 1.26. The number of aliphatic hydroxyl groups excluding tert-OH is 3. The van der Waals surface area contributed by atoms with E-state index in [9.17, 15) is 34.4 Å². The van der Waals surface area contributed by atoms with Crippen molar-refractivity contribution in [2.24, 2.45) is 23.7 Å². The molecule has 2 aromatic rings. The van der Waals surface area contributed by atoms with Crippen LogP contribution in [0.25, 0.3) is 0 Å². The van der Waals surface area contributed by atoms with E-state index in [-0.39, 0.29) is 25.0 Å². The second-order valence-corrected chi connectivity index (χ2v) is 22.7. The molecule has 0 saturated carbocycles. The standard InChI is InChI=1S/C55H90FN5O15/c1-15-42-55(10,67)48(64)33(4)44(62)31(2)27-54(9,70-14)50(34(5)46(35(6)51(66)74-42)75-43-28-53(8,69-13)49(65)36(7)73-43)76-52-45(63)40(26-32(3)72-52)59(11)21-20-38-30-61(58-57-38)41(29-56)47(68-12)37-16-18-39(19-17-37)60-22-24-71-25-23-60/h16-19,30-36,40-43,45-50,52,63-65,67H,15,20-29H2,1-14H3/t31-,32-,33+,34+,35-,36+,40+,41+,42-,43+,45-,46+,47-,48-,49+,50-,52+,53-,54-,55-/m1/s1. The Hall–Kier alpha value is -3.29. The van der Waals surface area contributed by atoms with E-state index in [1.807, 2.05) is 50.1 Å². The van der Waals surface area contributed by atoms with Crippen LogP contribution in [0, 0.1) is 23.7 Å². The summed E-state index contributed by atoms with van der Waals surface area (Å²) in [6.07, 6.45) is -8.47. The molecule has 0 spiro atoms. The van der Waals surface area contributed by atoms with Gasteiger partial charge in [-0.15, -0.1) is 5.10 Å². The van der Waals surface area contributed by atoms with Crippen LogP contribution < -0.4 is 4.90 Å². The number of carbonyl (C=O) groups excluding carboxylic acids is 2. The molecule has 21 heteroatoms. The highest BCUT2D eigenvalue weighted by atomic mass is 19.1. The molecule has 20 nitrogen and oxygen atoms in total. The molecule has 0 amide bonds. The number of Topliss-reactive ketones (excluding diaryl/α,β-unsaturated/α-hetero) is 1. The second-order valence-electron chi connectivity index (χ2n) is 22.7. The maximum Gasteiger partial charge on any atom is 0.311 e. The van der Waals surface area contributed by atoms with Crippen LogP contribution in [0.5, 0.6) is 0 Å². The lowest BCUT2D eigenvalue weighted by atomic mass is 9.74. The number of ether oxygens (including phenoxy) is 9. The number of halogens is 1. The summed E-state index contributed by atoms with van der Waals surface area (Å²) in [5, 5.41) is 55.7. The summed E-state index contributed by atoms with van der Waals surface area (Å²) in [6, 6.07) is 6.65. The molecular formula is C55H90FN5O15. The summed E-state index contributed by atoms with van der Waals surface area (Å²) in [4.78, 5) is 33.1. The third-order valence-electron chi connectivity index (χ3n) is 17.1. The van der Waals surface area contributed by atoms with Crippen LogP contribution >= 0.6 is 0 Å². The first kappa shape index (κ1) is 61.9. The Morgan fingerprint density at radius 2 is 1.55 bits per heavy atom. The number of methoxy groups -OCH3 is 3. The minimum atomic E-state index is -2.02. The van der Waals surface area contributed by atoms with E-state index in [0.717, 1.165) is 24.3 Å². The molecule has 0 radical (unpaired) electrons. The SMILES string of the molecule is CC[C@H]1OC(=O)[C@H](C)[C@@H](O[C@H]2C[C@@](C)(OC)[C@@H](O)[C@H](C)O2)[C@H](C)[C@@H](O[C@@H]2O[C@H](C)C[C@H](N(C)CCc3cn([C@@H](CF)[C@H](OC)c4ccc(N5CCOCC5)cc4)nn3)[C@H]2O)[C@](C)(OC)C[C@@H](C)C(=O)[C@H](C)[C@@H](O)[C@]1(C)O. The van der Waals surface area contributed by atoms with Crippen molar-refractivity contribution in [3.63, 3.8) is 0 Å². The quantitative estimate of drug-likeness (QED) is 0.161. The third-order valence-corrected chi connectivity index (χ3v) is 17.1. The Bertz CT molecular complexity index is 2150. The Morgan fingerprint density at radius 3 is 2.16 bits per heavy atom. The molecule has 432 valence electrons. The molecule has 4 aliphatic rings. The molecule has 0 aliphatic carbocycles. The fourth-order valence-electron chi connectivity index (χ4n) is 12.1. The van der Waals surface area contributed by atoms with Crippen molar-refractivity contribution in [3.05, 3.63) is 41.7 Å². The van der Waals surface area contributed by atoms with E-state index in [4.69, 9.17) is 42.6 Å². The van der Waals surface area contributed by atoms with Gasteiger partial charge in [-0.25, -0.2) is 9.07 Å². The molecule has 1 aromatic heterocycles. The van der Waals surface area contributed by atoms with Crippen LogP contribution in [-0.2, 0) is 58.6 Å². The van der Waals surface area contributed by atoms with Crippen molar-refractivity contribution >= 4 is 17.4 Å². The summed E-state index contributed by atoms with van der Waals surface area (Å²) in [6.45, 7) is 19.5. The van der Waals surface area contributed by atoms with Crippen molar-refractivity contribution in [1.82, 2.24) is 19.9 Å². The maximum atomic E-state index is 14.9. The molecule has 0 bridgehead atoms. The molecule has 20 atom stereocenters. The van der Waals surface area contributed by atoms with Crippen LogP contribution in [0.2, 0.25) is 0 Å². The number of morpholine rings is 1. The summed E-state index contributed by atoms with van der Waals surface area (Å²) in [5.74, 6) is -4.85. The number of benzene rings is 1. The lowest BCUT2D eigenvalue weighted by Crippen LogP contribution is -2.61. The molecule has 4 fully saturated rings. The molecule has 4 aliphatic heterocycles. The van der Waals surface area contributed by atoms with E-state index in [1.165, 1.54) is 25.8 Å². The fourth-order valence-corrected chi connectivity index (χ4v) is 12.1. The molecular weight excluding hydrogens is 990 g/mol. The Labute approximate surface area is 449 Å². The van der Waals surface area contributed by atoms with Crippen LogP contribution in [0.4, 0.5) is 10.1 Å². The van der Waals surface area contributed by atoms with Crippen molar-refractivity contribution in [1.29, 1.82) is 0 Å². The Kier molecular flexibility index (Phi) is 21.4. The van der Waals surface area contributed by atoms with Crippen LogP contribution in [0.15, 0.2) is 30.5 Å². The number of aromatic nitrogens is 3. The molecule has 5 heterocycles. The normalized spacial score (nSPS) is 39.4. The van der Waals surface area contributed by atoms with Gasteiger partial charge in [0.2, 0.25) is 0 Å². The number of likely N-dealkylation sites (N-methyl/N-ethyl adjacent to an activating group) is 1. The van der Waals surface area contributed by atoms with E-state index in [0.29, 0.717) is 38.3 Å². The van der Waals surface area contributed by atoms with Crippen molar-refractivity contribution in [2.75, 3.05) is 72.8 Å². The van der Waals surface area contributed by atoms with Crippen LogP contribution in [0.3, 0.4) is 0 Å². The molecule has 76 heavy (non-hydrogen) atoms. The van der Waals surface area contributed by atoms with Crippen LogP contribution in [0.1, 0.15) is 118 Å². The zero-order valence-corrected chi connectivity index (χ0v) is 47.4. The minimum absolute atomic E-state index is 0.0438. The lowest BCUT2D eigenvalue weighted by molar-refractivity contribution is -0.319. The van der Waals surface area contributed by atoms with Gasteiger partial charge in [-0.2, -0.15) is 0 Å². The first-order chi connectivity index (χ1) is 35.9. The monoisotopic (exact) mass is 1080 g/mol. The topological polar surface area (TPSA) is 235 Å². The zero-order chi connectivity index (χ0) is 56.0. The first-order valence-electron chi connectivity index (χ1n) is 27.2. The van der Waals surface area contributed by atoms with Crippen molar-refractivity contribution in [3.8, 4) is 0 Å². The van der Waals surface area contributed by atoms with Gasteiger partial charge in [0.15, 0.2) is 12.6 Å². The van der Waals surface area contributed by atoms with Gasteiger partial charge in [0.25, 0.3) is 0 Å². The molecule has 0 unspecified atom stereocenters. The zero-order valence-electron chi connectivity index (χ0n) is 47.4. The van der Waals surface area contributed by atoms with Gasteiger partial charge in [-0.3, -0.25) is 9.59 Å². The smallest absolute Gasteiger partial charge is 0.311 e. The summed E-state index contributed by atoms with van der Waals surface area (Å²) < 4.78 is 72.7. The number of anilines is 1. The number of carbonyl (C=O) groups is 2. The third kappa shape index (κ3) is 13.6. The number of hydrogen-bond donors (Lipinski definition) is 4. The van der Waals surface area contributed by atoms with E-state index in [1.54, 1.807) is 61.8 Å². The second kappa shape index (κ2) is 26.3. The van der Waals surface area contributed by atoms with Crippen molar-refractivity contribution < 1.29 is 77.0 Å². The fraction of sp³-hybridized carbons (Fsp3) is 0.818. The largest absolute Gasteiger partial charge is 0.459 e.